The van der Waals surface area contributed by atoms with E-state index in [4.69, 9.17) is 0 Å². The number of carbonyl (C=O) groups excluding carboxylic acids is 1. The highest BCUT2D eigenvalue weighted by molar-refractivity contribution is 5.94. The van der Waals surface area contributed by atoms with Crippen molar-refractivity contribution in [2.45, 2.75) is 51.4 Å². The van der Waals surface area contributed by atoms with Crippen molar-refractivity contribution in [3.8, 4) is 11.3 Å². The largest absolute Gasteiger partial charge is 0.355 e. The van der Waals surface area contributed by atoms with Crippen molar-refractivity contribution >= 4 is 11.7 Å². The Hall–Kier alpha value is -2.43. The van der Waals surface area contributed by atoms with Crippen molar-refractivity contribution < 1.29 is 4.79 Å². The van der Waals surface area contributed by atoms with Crippen LogP contribution in [-0.2, 0) is 0 Å². The van der Waals surface area contributed by atoms with Crippen molar-refractivity contribution in [2.24, 2.45) is 5.92 Å². The van der Waals surface area contributed by atoms with E-state index in [1.165, 1.54) is 51.4 Å². The molecule has 2 heterocycles. The molecule has 1 aromatic heterocycles. The smallest absolute Gasteiger partial charge is 0.251 e. The SMILES string of the molecule is O=C(NCC1CCCCC1)c1ccc(-c2nccnc2N2CCCCC2)cc1. The normalized spacial score (nSPS) is 18.1. The molecule has 1 aliphatic heterocycles. The van der Waals surface area contributed by atoms with E-state index in [0.29, 0.717) is 11.5 Å². The molecule has 2 aromatic rings. The third kappa shape index (κ3) is 4.51. The Morgan fingerprint density at radius 3 is 2.36 bits per heavy atom. The Balaban J connectivity index is 1.44. The first-order valence-electron chi connectivity index (χ1n) is 10.8. The van der Waals surface area contributed by atoms with Crippen LogP contribution >= 0.6 is 0 Å². The van der Waals surface area contributed by atoms with Gasteiger partial charge in [0.2, 0.25) is 0 Å². The fourth-order valence-electron chi connectivity index (χ4n) is 4.38. The summed E-state index contributed by atoms with van der Waals surface area (Å²) in [6.45, 7) is 2.87. The molecule has 0 bridgehead atoms. The first-order chi connectivity index (χ1) is 13.8. The molecule has 1 saturated carbocycles. The van der Waals surface area contributed by atoms with E-state index in [9.17, 15) is 4.79 Å². The van der Waals surface area contributed by atoms with Crippen LogP contribution in [0.3, 0.4) is 0 Å². The number of hydrogen-bond donors (Lipinski definition) is 1. The summed E-state index contributed by atoms with van der Waals surface area (Å²) in [5, 5.41) is 3.12. The summed E-state index contributed by atoms with van der Waals surface area (Å²) in [5.41, 5.74) is 2.62. The summed E-state index contributed by atoms with van der Waals surface area (Å²) in [6, 6.07) is 7.79. The number of nitrogens with one attached hydrogen (secondary N) is 1. The number of amides is 1. The molecule has 1 aromatic carbocycles. The molecule has 2 fully saturated rings. The van der Waals surface area contributed by atoms with E-state index in [1.54, 1.807) is 12.4 Å². The van der Waals surface area contributed by atoms with Gasteiger partial charge >= 0.3 is 0 Å². The molecule has 2 aliphatic rings. The van der Waals surface area contributed by atoms with Crippen molar-refractivity contribution in [1.29, 1.82) is 0 Å². The van der Waals surface area contributed by atoms with Crippen LogP contribution in [0.5, 0.6) is 0 Å². The number of rotatable bonds is 5. The molecule has 5 heteroatoms. The van der Waals surface area contributed by atoms with Crippen LogP contribution in [0, 0.1) is 5.92 Å². The van der Waals surface area contributed by atoms with Crippen LogP contribution in [0.1, 0.15) is 61.7 Å². The van der Waals surface area contributed by atoms with Gasteiger partial charge in [0, 0.05) is 43.2 Å². The summed E-state index contributed by atoms with van der Waals surface area (Å²) in [4.78, 5) is 24.0. The van der Waals surface area contributed by atoms with E-state index in [0.717, 1.165) is 36.7 Å². The highest BCUT2D eigenvalue weighted by Gasteiger charge is 2.18. The van der Waals surface area contributed by atoms with Crippen LogP contribution in [0.4, 0.5) is 5.82 Å². The van der Waals surface area contributed by atoms with E-state index in [1.807, 2.05) is 24.3 Å². The third-order valence-electron chi connectivity index (χ3n) is 6.03. The highest BCUT2D eigenvalue weighted by atomic mass is 16.1. The quantitative estimate of drug-likeness (QED) is 0.835. The Morgan fingerprint density at radius 2 is 1.61 bits per heavy atom. The topological polar surface area (TPSA) is 58.1 Å². The zero-order valence-corrected chi connectivity index (χ0v) is 16.6. The van der Waals surface area contributed by atoms with Gasteiger partial charge in [-0.25, -0.2) is 4.98 Å². The van der Waals surface area contributed by atoms with Gasteiger partial charge in [-0.2, -0.15) is 0 Å². The van der Waals surface area contributed by atoms with E-state index in [2.05, 4.69) is 20.2 Å². The second-order valence-corrected chi connectivity index (χ2v) is 8.07. The first-order valence-corrected chi connectivity index (χ1v) is 10.8. The summed E-state index contributed by atoms with van der Waals surface area (Å²) < 4.78 is 0. The molecule has 4 rings (SSSR count). The summed E-state index contributed by atoms with van der Waals surface area (Å²) in [7, 11) is 0. The number of anilines is 1. The van der Waals surface area contributed by atoms with E-state index in [-0.39, 0.29) is 5.91 Å². The molecule has 28 heavy (non-hydrogen) atoms. The van der Waals surface area contributed by atoms with Crippen molar-refractivity contribution in [1.82, 2.24) is 15.3 Å². The zero-order valence-electron chi connectivity index (χ0n) is 16.6. The Bertz CT molecular complexity index is 777. The standard InChI is InChI=1S/C23H30N4O/c28-23(26-17-18-7-3-1-4-8-18)20-11-9-19(10-12-20)21-22(25-14-13-24-21)27-15-5-2-6-16-27/h9-14,18H,1-8,15-17H2,(H,26,28). The van der Waals surface area contributed by atoms with Gasteiger partial charge < -0.3 is 10.2 Å². The van der Waals surface area contributed by atoms with Gasteiger partial charge in [-0.05, 0) is 50.2 Å². The van der Waals surface area contributed by atoms with Gasteiger partial charge in [0.1, 0.15) is 5.69 Å². The Morgan fingerprint density at radius 1 is 0.929 bits per heavy atom. The van der Waals surface area contributed by atoms with Crippen LogP contribution in [-0.4, -0.2) is 35.5 Å². The van der Waals surface area contributed by atoms with Crippen molar-refractivity contribution in [3.05, 3.63) is 42.2 Å². The average Bonchev–Trinajstić information content (AvgIpc) is 2.79. The number of nitrogens with zero attached hydrogens (tertiary/aromatic N) is 3. The van der Waals surface area contributed by atoms with Crippen LogP contribution < -0.4 is 10.2 Å². The maximum atomic E-state index is 12.5. The fraction of sp³-hybridized carbons (Fsp3) is 0.522. The van der Waals surface area contributed by atoms with Crippen molar-refractivity contribution in [2.75, 3.05) is 24.5 Å². The molecule has 0 radical (unpaired) electrons. The molecular formula is C23H30N4O. The average molecular weight is 379 g/mol. The maximum absolute atomic E-state index is 12.5. The molecule has 0 spiro atoms. The van der Waals surface area contributed by atoms with Gasteiger partial charge in [0.05, 0.1) is 0 Å². The molecule has 1 aliphatic carbocycles. The lowest BCUT2D eigenvalue weighted by Gasteiger charge is -2.28. The first kappa shape index (κ1) is 18.9. The van der Waals surface area contributed by atoms with Gasteiger partial charge in [-0.3, -0.25) is 9.78 Å². The molecule has 0 unspecified atom stereocenters. The summed E-state index contributed by atoms with van der Waals surface area (Å²) >= 11 is 0. The maximum Gasteiger partial charge on any atom is 0.251 e. The number of aromatic nitrogens is 2. The Kier molecular flexibility index (Phi) is 6.20. The predicted molar refractivity (Wildman–Crippen MR) is 112 cm³/mol. The monoisotopic (exact) mass is 378 g/mol. The van der Waals surface area contributed by atoms with Crippen LogP contribution in [0.2, 0.25) is 0 Å². The molecule has 5 nitrogen and oxygen atoms in total. The zero-order chi connectivity index (χ0) is 19.2. The second kappa shape index (κ2) is 9.18. The van der Waals surface area contributed by atoms with Crippen LogP contribution in [0.15, 0.2) is 36.7 Å². The number of piperidine rings is 1. The third-order valence-corrected chi connectivity index (χ3v) is 6.03. The molecular weight excluding hydrogens is 348 g/mol. The van der Waals surface area contributed by atoms with Gasteiger partial charge in [-0.1, -0.05) is 31.4 Å². The second-order valence-electron chi connectivity index (χ2n) is 8.07. The molecule has 1 N–H and O–H groups in total. The summed E-state index contributed by atoms with van der Waals surface area (Å²) in [5.74, 6) is 1.62. The fourth-order valence-corrected chi connectivity index (χ4v) is 4.38. The predicted octanol–water partition coefficient (Wildman–Crippen LogP) is 4.44. The number of benzene rings is 1. The Labute approximate surface area is 167 Å². The number of carbonyl (C=O) groups is 1. The van der Waals surface area contributed by atoms with Crippen molar-refractivity contribution in [3.63, 3.8) is 0 Å². The highest BCUT2D eigenvalue weighted by Crippen LogP contribution is 2.29. The van der Waals surface area contributed by atoms with Crippen LogP contribution in [0.25, 0.3) is 11.3 Å². The van der Waals surface area contributed by atoms with Gasteiger partial charge in [0.25, 0.3) is 5.91 Å². The van der Waals surface area contributed by atoms with Gasteiger partial charge in [0.15, 0.2) is 5.82 Å². The molecule has 1 amide bonds. The molecule has 1 saturated heterocycles. The van der Waals surface area contributed by atoms with E-state index < -0.39 is 0 Å². The lowest BCUT2D eigenvalue weighted by molar-refractivity contribution is 0.0943. The minimum absolute atomic E-state index is 0.0209. The molecule has 148 valence electrons. The minimum Gasteiger partial charge on any atom is -0.355 e. The number of hydrogen-bond acceptors (Lipinski definition) is 4. The minimum atomic E-state index is 0.0209. The lowest BCUT2D eigenvalue weighted by atomic mass is 9.89. The summed E-state index contributed by atoms with van der Waals surface area (Å²) in [6.07, 6.45) is 13.6. The molecule has 0 atom stereocenters. The lowest BCUT2D eigenvalue weighted by Crippen LogP contribution is -2.31. The van der Waals surface area contributed by atoms with E-state index >= 15 is 0 Å². The van der Waals surface area contributed by atoms with Gasteiger partial charge in [-0.15, -0.1) is 0 Å².